The zero-order valence-corrected chi connectivity index (χ0v) is 42.4. The molecule has 0 heterocycles. The molecule has 0 saturated carbocycles. The number of unbranched alkanes of at least 4 members (excludes halogenated alkanes) is 36. The topological polar surface area (TPSA) is 78.9 Å². The van der Waals surface area contributed by atoms with E-state index in [-0.39, 0.29) is 31.1 Å². The first-order chi connectivity index (χ1) is 31.0. The molecule has 0 aliphatic carbocycles. The van der Waals surface area contributed by atoms with Crippen molar-refractivity contribution in [2.24, 2.45) is 0 Å². The van der Waals surface area contributed by atoms with Gasteiger partial charge in [0, 0.05) is 19.3 Å². The Hall–Kier alpha value is -2.11. The van der Waals surface area contributed by atoms with E-state index >= 15 is 0 Å². The second-order valence-electron chi connectivity index (χ2n) is 18.9. The molecule has 0 fully saturated rings. The maximum atomic E-state index is 12.8. The van der Waals surface area contributed by atoms with E-state index in [1.807, 2.05) is 0 Å². The van der Waals surface area contributed by atoms with Crippen molar-refractivity contribution in [3.05, 3.63) is 24.3 Å². The van der Waals surface area contributed by atoms with Crippen LogP contribution in [0.3, 0.4) is 0 Å². The summed E-state index contributed by atoms with van der Waals surface area (Å²) in [4.78, 5) is 37.8. The highest BCUT2D eigenvalue weighted by molar-refractivity contribution is 5.71. The van der Waals surface area contributed by atoms with Gasteiger partial charge in [0.1, 0.15) is 13.2 Å². The maximum absolute atomic E-state index is 12.8. The minimum atomic E-state index is -0.763. The Bertz CT molecular complexity index is 1020. The standard InChI is InChI=1S/C57H106O6/c1-4-7-10-13-16-18-20-22-23-24-25-26-27-28-29-30-31-32-33-35-36-38-41-44-47-50-56(59)62-53-54(52-61-55(58)49-46-43-40-15-12-9-6-3)63-57(60)51-48-45-42-39-37-34-21-19-17-14-11-8-5-2/h20,22,24-25,54H,4-19,21,23,26-53H2,1-3H3/b22-20-,25-24-. The van der Waals surface area contributed by atoms with Crippen LogP contribution in [0.1, 0.15) is 303 Å². The minimum Gasteiger partial charge on any atom is -0.462 e. The molecule has 0 bridgehead atoms. The summed E-state index contributed by atoms with van der Waals surface area (Å²) in [6.45, 7) is 6.62. The molecular weight excluding hydrogens is 781 g/mol. The van der Waals surface area contributed by atoms with Crippen LogP contribution >= 0.6 is 0 Å². The summed E-state index contributed by atoms with van der Waals surface area (Å²) in [6, 6.07) is 0. The molecule has 370 valence electrons. The number of carbonyl (C=O) groups is 3. The van der Waals surface area contributed by atoms with Crippen LogP contribution in [-0.4, -0.2) is 37.2 Å². The third-order valence-corrected chi connectivity index (χ3v) is 12.5. The lowest BCUT2D eigenvalue weighted by molar-refractivity contribution is -0.167. The Kier molecular flexibility index (Phi) is 50.8. The number of allylic oxidation sites excluding steroid dienone is 4. The van der Waals surface area contributed by atoms with E-state index in [9.17, 15) is 14.4 Å². The lowest BCUT2D eigenvalue weighted by atomic mass is 10.0. The van der Waals surface area contributed by atoms with Gasteiger partial charge in [-0.15, -0.1) is 0 Å². The zero-order valence-electron chi connectivity index (χ0n) is 42.4. The molecule has 6 nitrogen and oxygen atoms in total. The van der Waals surface area contributed by atoms with Gasteiger partial charge in [-0.25, -0.2) is 0 Å². The average molecular weight is 887 g/mol. The lowest BCUT2D eigenvalue weighted by Gasteiger charge is -2.18. The van der Waals surface area contributed by atoms with Gasteiger partial charge in [-0.3, -0.25) is 14.4 Å². The summed E-state index contributed by atoms with van der Waals surface area (Å²) in [5, 5.41) is 0. The molecule has 0 aromatic rings. The molecule has 1 unspecified atom stereocenters. The van der Waals surface area contributed by atoms with Crippen molar-refractivity contribution in [3.8, 4) is 0 Å². The van der Waals surface area contributed by atoms with Crippen molar-refractivity contribution in [2.45, 2.75) is 309 Å². The summed E-state index contributed by atoms with van der Waals surface area (Å²) in [5.74, 6) is -0.858. The highest BCUT2D eigenvalue weighted by Crippen LogP contribution is 2.16. The highest BCUT2D eigenvalue weighted by atomic mass is 16.6. The van der Waals surface area contributed by atoms with Gasteiger partial charge >= 0.3 is 17.9 Å². The molecule has 0 aliphatic heterocycles. The van der Waals surface area contributed by atoms with Gasteiger partial charge in [-0.1, -0.05) is 257 Å². The van der Waals surface area contributed by atoms with Crippen molar-refractivity contribution in [3.63, 3.8) is 0 Å². The monoisotopic (exact) mass is 887 g/mol. The first-order valence-electron chi connectivity index (χ1n) is 27.8. The lowest BCUT2D eigenvalue weighted by Crippen LogP contribution is -2.30. The van der Waals surface area contributed by atoms with E-state index in [1.54, 1.807) is 0 Å². The van der Waals surface area contributed by atoms with Crippen LogP contribution in [0.15, 0.2) is 24.3 Å². The number of rotatable bonds is 51. The van der Waals surface area contributed by atoms with Gasteiger partial charge in [0.05, 0.1) is 0 Å². The van der Waals surface area contributed by atoms with Crippen molar-refractivity contribution in [1.82, 2.24) is 0 Å². The molecule has 63 heavy (non-hydrogen) atoms. The molecule has 0 amide bonds. The van der Waals surface area contributed by atoms with E-state index < -0.39 is 6.10 Å². The van der Waals surface area contributed by atoms with Crippen molar-refractivity contribution in [1.29, 1.82) is 0 Å². The van der Waals surface area contributed by atoms with Crippen LogP contribution in [0, 0.1) is 0 Å². The minimum absolute atomic E-state index is 0.0668. The van der Waals surface area contributed by atoms with E-state index in [0.29, 0.717) is 19.3 Å². The predicted molar refractivity (Wildman–Crippen MR) is 270 cm³/mol. The van der Waals surface area contributed by atoms with Gasteiger partial charge < -0.3 is 14.2 Å². The predicted octanol–water partition coefficient (Wildman–Crippen LogP) is 18.3. The fourth-order valence-corrected chi connectivity index (χ4v) is 8.24. The fourth-order valence-electron chi connectivity index (χ4n) is 8.24. The number of esters is 3. The van der Waals surface area contributed by atoms with Crippen LogP contribution in [0.4, 0.5) is 0 Å². The Morgan fingerprint density at radius 1 is 0.317 bits per heavy atom. The second kappa shape index (κ2) is 52.5. The fraction of sp³-hybridized carbons (Fsp3) is 0.877. The molecule has 0 aromatic carbocycles. The molecule has 0 rings (SSSR count). The quantitative estimate of drug-likeness (QED) is 0.0262. The summed E-state index contributed by atoms with van der Waals surface area (Å²) in [7, 11) is 0. The van der Waals surface area contributed by atoms with Crippen molar-refractivity contribution in [2.75, 3.05) is 13.2 Å². The van der Waals surface area contributed by atoms with E-state index in [0.717, 1.165) is 64.2 Å². The first-order valence-corrected chi connectivity index (χ1v) is 27.8. The van der Waals surface area contributed by atoms with Gasteiger partial charge in [-0.2, -0.15) is 0 Å². The largest absolute Gasteiger partial charge is 0.462 e. The van der Waals surface area contributed by atoms with Crippen molar-refractivity contribution < 1.29 is 28.6 Å². The molecule has 0 spiro atoms. The SMILES string of the molecule is CCCCCCC/C=C\C/C=C\CCCCCCCCCCCCCCCC(=O)OCC(COC(=O)CCCCCCCCC)OC(=O)CCCCCCCCCCCCCCC. The summed E-state index contributed by atoms with van der Waals surface area (Å²) >= 11 is 0. The molecule has 6 heteroatoms. The Morgan fingerprint density at radius 2 is 0.571 bits per heavy atom. The number of hydrogen-bond donors (Lipinski definition) is 0. The van der Waals surface area contributed by atoms with Gasteiger partial charge in [0.15, 0.2) is 6.10 Å². The summed E-state index contributed by atoms with van der Waals surface area (Å²) < 4.78 is 16.8. The van der Waals surface area contributed by atoms with E-state index in [4.69, 9.17) is 14.2 Å². The second-order valence-corrected chi connectivity index (χ2v) is 18.9. The average Bonchev–Trinajstić information content (AvgIpc) is 3.28. The van der Waals surface area contributed by atoms with Crippen LogP contribution in [0.25, 0.3) is 0 Å². The molecule has 0 aliphatic rings. The van der Waals surface area contributed by atoms with E-state index in [1.165, 1.54) is 199 Å². The Morgan fingerprint density at radius 3 is 0.873 bits per heavy atom. The summed E-state index contributed by atoms with van der Waals surface area (Å²) in [5.41, 5.74) is 0. The molecular formula is C57H106O6. The van der Waals surface area contributed by atoms with Gasteiger partial charge in [0.25, 0.3) is 0 Å². The van der Waals surface area contributed by atoms with Gasteiger partial charge in [0.2, 0.25) is 0 Å². The van der Waals surface area contributed by atoms with Crippen LogP contribution in [0.5, 0.6) is 0 Å². The van der Waals surface area contributed by atoms with E-state index in [2.05, 4.69) is 45.1 Å². The molecule has 0 N–H and O–H groups in total. The maximum Gasteiger partial charge on any atom is 0.306 e. The van der Waals surface area contributed by atoms with Crippen LogP contribution < -0.4 is 0 Å². The molecule has 0 saturated heterocycles. The third-order valence-electron chi connectivity index (χ3n) is 12.5. The Balaban J connectivity index is 4.08. The zero-order chi connectivity index (χ0) is 45.8. The molecule has 1 atom stereocenters. The highest BCUT2D eigenvalue weighted by Gasteiger charge is 2.19. The molecule has 0 radical (unpaired) electrons. The normalized spacial score (nSPS) is 12.1. The Labute approximate surface area is 392 Å². The molecule has 0 aromatic heterocycles. The summed E-state index contributed by atoms with van der Waals surface area (Å²) in [6.07, 6.45) is 60.5. The van der Waals surface area contributed by atoms with Gasteiger partial charge in [-0.05, 0) is 51.4 Å². The third kappa shape index (κ3) is 50.7. The number of ether oxygens (including phenoxy) is 3. The van der Waals surface area contributed by atoms with Crippen molar-refractivity contribution >= 4 is 17.9 Å². The first kappa shape index (κ1) is 60.9. The van der Waals surface area contributed by atoms with Crippen LogP contribution in [-0.2, 0) is 28.6 Å². The number of hydrogen-bond acceptors (Lipinski definition) is 6. The smallest absolute Gasteiger partial charge is 0.306 e. The number of carbonyl (C=O) groups excluding carboxylic acids is 3. The van der Waals surface area contributed by atoms with Crippen LogP contribution in [0.2, 0.25) is 0 Å².